The number of rotatable bonds is 16. The van der Waals surface area contributed by atoms with Gasteiger partial charge in [-0.05, 0) is 37.5 Å². The number of carboxylic acids is 1. The maximum absolute atomic E-state index is 13.4. The highest BCUT2D eigenvalue weighted by Gasteiger charge is 2.38. The molecule has 0 spiro atoms. The monoisotopic (exact) mass is 513 g/mol. The van der Waals surface area contributed by atoms with E-state index in [1.54, 1.807) is 20.9 Å². The lowest BCUT2D eigenvalue weighted by Crippen LogP contribution is -2.60. The van der Waals surface area contributed by atoms with Crippen LogP contribution in [0.15, 0.2) is 0 Å². The summed E-state index contributed by atoms with van der Waals surface area (Å²) in [6.45, 7) is 14.8. The highest BCUT2D eigenvalue weighted by Crippen LogP contribution is 2.22. The number of aliphatic carboxylic acids is 1. The topological polar surface area (TPSA) is 127 Å². The van der Waals surface area contributed by atoms with Crippen molar-refractivity contribution in [1.29, 1.82) is 0 Å². The lowest BCUT2D eigenvalue weighted by molar-refractivity contribution is -0.153. The van der Waals surface area contributed by atoms with Gasteiger partial charge in [-0.25, -0.2) is 4.79 Å². The van der Waals surface area contributed by atoms with Crippen LogP contribution in [0, 0.1) is 23.7 Å². The first-order chi connectivity index (χ1) is 16.6. The van der Waals surface area contributed by atoms with Gasteiger partial charge in [-0.15, -0.1) is 0 Å². The van der Waals surface area contributed by atoms with Gasteiger partial charge in [0.25, 0.3) is 0 Å². The van der Waals surface area contributed by atoms with Gasteiger partial charge in [0.1, 0.15) is 18.1 Å². The normalized spacial score (nSPS) is 16.6. The second-order valence-corrected chi connectivity index (χ2v) is 11.2. The van der Waals surface area contributed by atoms with Crippen molar-refractivity contribution in [3.05, 3.63) is 0 Å². The molecule has 9 nitrogen and oxygen atoms in total. The molecule has 0 saturated carbocycles. The van der Waals surface area contributed by atoms with Crippen LogP contribution in [-0.4, -0.2) is 82.0 Å². The lowest BCUT2D eigenvalue weighted by atomic mass is 9.91. The molecule has 9 heteroatoms. The summed E-state index contributed by atoms with van der Waals surface area (Å²) >= 11 is 0. The molecule has 0 fully saturated rings. The van der Waals surface area contributed by atoms with Crippen molar-refractivity contribution in [1.82, 2.24) is 15.1 Å². The summed E-state index contributed by atoms with van der Waals surface area (Å²) in [5.41, 5.74) is 0. The highest BCUT2D eigenvalue weighted by atomic mass is 16.4. The van der Waals surface area contributed by atoms with E-state index in [1.165, 1.54) is 18.9 Å². The third-order valence-electron chi connectivity index (χ3n) is 6.74. The zero-order valence-corrected chi connectivity index (χ0v) is 24.1. The molecule has 0 heterocycles. The Labute approximate surface area is 218 Å². The number of amides is 3. The molecule has 0 rings (SSSR count). The van der Waals surface area contributed by atoms with Crippen LogP contribution in [0.5, 0.6) is 0 Å². The molecule has 3 N–H and O–H groups in total. The number of hydrogen-bond acceptors (Lipinski definition) is 5. The van der Waals surface area contributed by atoms with Gasteiger partial charge in [-0.2, -0.15) is 0 Å². The fourth-order valence-corrected chi connectivity index (χ4v) is 4.66. The molecular weight excluding hydrogens is 462 g/mol. The SMILES string of the molecule is CCCC[C@@H](C)C[C@@H](C)C(=O)N(C)[C@@H](CC(C)C)C(=O)N[C@H](C(=O)N(C)[C@H](C(=O)O)C(C)C)[C@@H](C)O. The van der Waals surface area contributed by atoms with Gasteiger partial charge in [0.15, 0.2) is 0 Å². The maximum Gasteiger partial charge on any atom is 0.326 e. The van der Waals surface area contributed by atoms with Crippen molar-refractivity contribution < 1.29 is 29.4 Å². The Bertz CT molecular complexity index is 724. The molecule has 0 aliphatic rings. The van der Waals surface area contributed by atoms with Crippen molar-refractivity contribution in [2.75, 3.05) is 14.1 Å². The average molecular weight is 514 g/mol. The van der Waals surface area contributed by atoms with Crippen molar-refractivity contribution >= 4 is 23.7 Å². The molecule has 0 radical (unpaired) electrons. The molecule has 0 unspecified atom stereocenters. The summed E-state index contributed by atoms with van der Waals surface area (Å²) in [5, 5.41) is 22.5. The van der Waals surface area contributed by atoms with E-state index in [9.17, 15) is 29.4 Å². The van der Waals surface area contributed by atoms with Gasteiger partial charge in [-0.3, -0.25) is 14.4 Å². The largest absolute Gasteiger partial charge is 0.480 e. The molecule has 0 aromatic carbocycles. The molecule has 0 bridgehead atoms. The Hall–Kier alpha value is -2.16. The first-order valence-corrected chi connectivity index (χ1v) is 13.3. The van der Waals surface area contributed by atoms with Crippen LogP contribution in [0.2, 0.25) is 0 Å². The minimum absolute atomic E-state index is 0.0930. The van der Waals surface area contributed by atoms with Gasteiger partial charge in [0.2, 0.25) is 17.7 Å². The molecule has 0 saturated heterocycles. The number of hydrogen-bond donors (Lipinski definition) is 3. The van der Waals surface area contributed by atoms with E-state index in [1.807, 2.05) is 20.8 Å². The first kappa shape index (κ1) is 33.8. The number of carbonyl (C=O) groups excluding carboxylic acids is 3. The lowest BCUT2D eigenvalue weighted by Gasteiger charge is -2.35. The summed E-state index contributed by atoms with van der Waals surface area (Å²) in [7, 11) is 2.96. The van der Waals surface area contributed by atoms with Crippen molar-refractivity contribution in [2.24, 2.45) is 23.7 Å². The average Bonchev–Trinajstić information content (AvgIpc) is 2.76. The van der Waals surface area contributed by atoms with Crippen molar-refractivity contribution in [3.8, 4) is 0 Å². The van der Waals surface area contributed by atoms with Crippen LogP contribution in [0.25, 0.3) is 0 Å². The maximum atomic E-state index is 13.4. The Morgan fingerprint density at radius 1 is 0.861 bits per heavy atom. The van der Waals surface area contributed by atoms with Crippen molar-refractivity contribution in [2.45, 2.75) is 112 Å². The summed E-state index contributed by atoms with van der Waals surface area (Å²) in [5.74, 6) is -2.69. The summed E-state index contributed by atoms with van der Waals surface area (Å²) < 4.78 is 0. The molecular formula is C27H51N3O6. The van der Waals surface area contributed by atoms with Gasteiger partial charge < -0.3 is 25.3 Å². The summed E-state index contributed by atoms with van der Waals surface area (Å²) in [6, 6.07) is -3.28. The molecule has 0 aromatic heterocycles. The van der Waals surface area contributed by atoms with Crippen LogP contribution in [0.4, 0.5) is 0 Å². The fraction of sp³-hybridized carbons (Fsp3) is 0.852. The first-order valence-electron chi connectivity index (χ1n) is 13.3. The number of nitrogens with zero attached hydrogens (tertiary/aromatic N) is 2. The Kier molecular flexibility index (Phi) is 14.9. The quantitative estimate of drug-likeness (QED) is 0.291. The van der Waals surface area contributed by atoms with E-state index < -0.39 is 42.0 Å². The molecule has 3 amide bonds. The predicted molar refractivity (Wildman–Crippen MR) is 141 cm³/mol. The Morgan fingerprint density at radius 2 is 1.42 bits per heavy atom. The van der Waals surface area contributed by atoms with Crippen LogP contribution >= 0.6 is 0 Å². The van der Waals surface area contributed by atoms with E-state index >= 15 is 0 Å². The summed E-state index contributed by atoms with van der Waals surface area (Å²) in [4.78, 5) is 54.0. The van der Waals surface area contributed by atoms with E-state index in [-0.39, 0.29) is 23.7 Å². The number of carboxylic acid groups (broad SMARTS) is 1. The minimum Gasteiger partial charge on any atom is -0.480 e. The second-order valence-electron chi connectivity index (χ2n) is 11.2. The number of unbranched alkanes of at least 4 members (excludes halogenated alkanes) is 1. The Balaban J connectivity index is 5.74. The number of nitrogens with one attached hydrogen (secondary N) is 1. The third-order valence-corrected chi connectivity index (χ3v) is 6.74. The molecule has 0 aliphatic heterocycles. The zero-order chi connectivity index (χ0) is 28.3. The Morgan fingerprint density at radius 3 is 1.83 bits per heavy atom. The third kappa shape index (κ3) is 10.4. The number of aliphatic hydroxyl groups is 1. The predicted octanol–water partition coefficient (Wildman–Crippen LogP) is 3.15. The molecule has 0 aromatic rings. The number of carbonyl (C=O) groups is 4. The number of likely N-dealkylation sites (N-methyl/N-ethyl adjacent to an activating group) is 2. The van der Waals surface area contributed by atoms with E-state index in [0.717, 1.165) is 30.6 Å². The van der Waals surface area contributed by atoms with E-state index in [4.69, 9.17) is 0 Å². The highest BCUT2D eigenvalue weighted by molar-refractivity contribution is 5.94. The number of aliphatic hydroxyl groups excluding tert-OH is 1. The van der Waals surface area contributed by atoms with Gasteiger partial charge >= 0.3 is 5.97 Å². The van der Waals surface area contributed by atoms with Gasteiger partial charge in [0.05, 0.1) is 6.10 Å². The summed E-state index contributed by atoms with van der Waals surface area (Å²) in [6.07, 6.45) is 3.11. The second kappa shape index (κ2) is 15.8. The van der Waals surface area contributed by atoms with Gasteiger partial charge in [-0.1, -0.05) is 67.7 Å². The van der Waals surface area contributed by atoms with Gasteiger partial charge in [0, 0.05) is 20.0 Å². The van der Waals surface area contributed by atoms with E-state index in [0.29, 0.717) is 12.3 Å². The van der Waals surface area contributed by atoms with Crippen LogP contribution in [0.1, 0.15) is 87.5 Å². The minimum atomic E-state index is -1.34. The smallest absolute Gasteiger partial charge is 0.326 e. The zero-order valence-electron chi connectivity index (χ0n) is 24.1. The fourth-order valence-electron chi connectivity index (χ4n) is 4.66. The van der Waals surface area contributed by atoms with Crippen LogP contribution < -0.4 is 5.32 Å². The molecule has 6 atom stereocenters. The molecule has 36 heavy (non-hydrogen) atoms. The van der Waals surface area contributed by atoms with Crippen LogP contribution in [0.3, 0.4) is 0 Å². The van der Waals surface area contributed by atoms with Crippen LogP contribution in [-0.2, 0) is 19.2 Å². The molecule has 0 aliphatic carbocycles. The van der Waals surface area contributed by atoms with E-state index in [2.05, 4.69) is 19.2 Å². The van der Waals surface area contributed by atoms with Crippen molar-refractivity contribution in [3.63, 3.8) is 0 Å². The standard InChI is InChI=1S/C27H51N3O6/c1-11-12-13-18(6)15-19(7)25(33)29(9)21(14-16(2)3)24(32)28-22(20(8)31)26(34)30(10)23(17(4)5)27(35)36/h16-23,31H,11-15H2,1-10H3,(H,28,32)(H,35,36)/t18-,19-,20-,21+,22+,23+/m1/s1. The molecule has 210 valence electrons.